The molecule has 0 spiro atoms. The molecule has 35 heavy (non-hydrogen) atoms. The molecule has 5 atom stereocenters. The highest BCUT2D eigenvalue weighted by Crippen LogP contribution is 2.34. The second-order valence-corrected chi connectivity index (χ2v) is 7.75. The first-order valence-electron chi connectivity index (χ1n) is 10.9. The highest BCUT2D eigenvalue weighted by Gasteiger charge is 2.52. The van der Waals surface area contributed by atoms with Crippen molar-refractivity contribution in [3.8, 4) is 11.5 Å². The number of allylic oxidation sites excluding steroid dienone is 1. The van der Waals surface area contributed by atoms with Gasteiger partial charge in [0.1, 0.15) is 18.8 Å². The fourth-order valence-electron chi connectivity index (χ4n) is 3.59. The van der Waals surface area contributed by atoms with Crippen molar-refractivity contribution in [3.05, 3.63) is 29.8 Å². The largest absolute Gasteiger partial charge is 0.493 e. The number of hydrogen-bond acceptors (Lipinski definition) is 10. The third-order valence-corrected chi connectivity index (χ3v) is 4.86. The molecule has 0 radical (unpaired) electrons. The molecule has 1 heterocycles. The normalized spacial score (nSPS) is 23.8. The summed E-state index contributed by atoms with van der Waals surface area (Å²) in [6, 6.07) is 4.10. The number of amides is 1. The minimum absolute atomic E-state index is 0.278. The van der Waals surface area contributed by atoms with Crippen LogP contribution in [0.3, 0.4) is 0 Å². The monoisotopic (exact) mass is 493 g/mol. The van der Waals surface area contributed by atoms with Crippen LogP contribution in [0.1, 0.15) is 40.2 Å². The van der Waals surface area contributed by atoms with E-state index in [0.717, 1.165) is 5.56 Å². The summed E-state index contributed by atoms with van der Waals surface area (Å²) in [6.07, 6.45) is -0.990. The van der Waals surface area contributed by atoms with Crippen LogP contribution in [-0.2, 0) is 38.1 Å². The van der Waals surface area contributed by atoms with E-state index in [-0.39, 0.29) is 12.4 Å². The van der Waals surface area contributed by atoms with Crippen molar-refractivity contribution < 1.29 is 47.6 Å². The van der Waals surface area contributed by atoms with Crippen LogP contribution in [0.4, 0.5) is 0 Å². The van der Waals surface area contributed by atoms with Crippen LogP contribution < -0.4 is 14.8 Å². The van der Waals surface area contributed by atoms with Crippen LogP contribution in [0.2, 0.25) is 0 Å². The lowest BCUT2D eigenvalue weighted by Crippen LogP contribution is -2.67. The Kier molecular flexibility index (Phi) is 10.1. The molecular formula is C24H31NO10. The number of esters is 3. The van der Waals surface area contributed by atoms with Gasteiger partial charge in [-0.3, -0.25) is 19.2 Å². The van der Waals surface area contributed by atoms with E-state index < -0.39 is 54.5 Å². The van der Waals surface area contributed by atoms with Gasteiger partial charge < -0.3 is 33.7 Å². The molecule has 192 valence electrons. The predicted molar refractivity (Wildman–Crippen MR) is 122 cm³/mol. The Hall–Kier alpha value is -3.60. The number of benzene rings is 1. The van der Waals surface area contributed by atoms with Crippen molar-refractivity contribution in [2.45, 2.75) is 65.3 Å². The molecule has 1 aliphatic heterocycles. The Morgan fingerprint density at radius 2 is 1.63 bits per heavy atom. The first-order valence-corrected chi connectivity index (χ1v) is 10.9. The predicted octanol–water partition coefficient (Wildman–Crippen LogP) is 1.76. The quantitative estimate of drug-likeness (QED) is 0.400. The fraction of sp³-hybridized carbons (Fsp3) is 0.500. The van der Waals surface area contributed by atoms with Gasteiger partial charge in [0.15, 0.2) is 23.7 Å². The van der Waals surface area contributed by atoms with Crippen molar-refractivity contribution in [3.63, 3.8) is 0 Å². The standard InChI is InChI=1S/C24H31NO10/c1-7-8-17-9-10-18(19(11-17)30-6)34-24-21(25-13(2)26)23(33-16(5)29)22(32-15(4)28)20(35-24)12-31-14(3)27/h7-11,20-24H,12H2,1-6H3,(H,25,26)/b8-7-/t20-,21+,22+,23-,24-/m1/s1. The molecule has 1 amide bonds. The van der Waals surface area contributed by atoms with Gasteiger partial charge in [-0.05, 0) is 24.6 Å². The van der Waals surface area contributed by atoms with Gasteiger partial charge in [-0.25, -0.2) is 0 Å². The van der Waals surface area contributed by atoms with Crippen LogP contribution in [0.5, 0.6) is 11.5 Å². The Bertz CT molecular complexity index is 960. The highest BCUT2D eigenvalue weighted by molar-refractivity contribution is 5.73. The highest BCUT2D eigenvalue weighted by atomic mass is 16.7. The van der Waals surface area contributed by atoms with E-state index in [4.69, 9.17) is 28.4 Å². The smallest absolute Gasteiger partial charge is 0.303 e. The molecule has 1 aromatic rings. The minimum Gasteiger partial charge on any atom is -0.493 e. The van der Waals surface area contributed by atoms with Gasteiger partial charge in [0, 0.05) is 27.7 Å². The van der Waals surface area contributed by atoms with Gasteiger partial charge in [0.05, 0.1) is 7.11 Å². The summed E-state index contributed by atoms with van der Waals surface area (Å²) < 4.78 is 33.4. The Morgan fingerprint density at radius 1 is 0.971 bits per heavy atom. The molecule has 1 aliphatic rings. The summed E-state index contributed by atoms with van der Waals surface area (Å²) in [4.78, 5) is 47.3. The van der Waals surface area contributed by atoms with Gasteiger partial charge >= 0.3 is 17.9 Å². The molecule has 0 bridgehead atoms. The third-order valence-electron chi connectivity index (χ3n) is 4.86. The summed E-state index contributed by atoms with van der Waals surface area (Å²) >= 11 is 0. The van der Waals surface area contributed by atoms with Gasteiger partial charge in [0.2, 0.25) is 12.2 Å². The van der Waals surface area contributed by atoms with Gasteiger partial charge in [-0.2, -0.15) is 0 Å². The molecule has 1 aromatic carbocycles. The molecule has 11 heteroatoms. The summed E-state index contributed by atoms with van der Waals surface area (Å²) in [5.74, 6) is -1.79. The number of carbonyl (C=O) groups is 4. The van der Waals surface area contributed by atoms with Crippen molar-refractivity contribution in [1.82, 2.24) is 5.32 Å². The Labute approximate surface area is 203 Å². The molecule has 0 saturated carbocycles. The topological polar surface area (TPSA) is 136 Å². The van der Waals surface area contributed by atoms with E-state index in [1.54, 1.807) is 18.2 Å². The average molecular weight is 494 g/mol. The zero-order valence-corrected chi connectivity index (χ0v) is 20.6. The summed E-state index contributed by atoms with van der Waals surface area (Å²) in [6.45, 7) is 6.36. The number of carbonyl (C=O) groups excluding carboxylic acids is 4. The second kappa shape index (κ2) is 12.7. The minimum atomic E-state index is -1.24. The maximum Gasteiger partial charge on any atom is 0.303 e. The van der Waals surface area contributed by atoms with Crippen LogP contribution in [0, 0.1) is 0 Å². The van der Waals surface area contributed by atoms with Crippen molar-refractivity contribution >= 4 is 29.9 Å². The van der Waals surface area contributed by atoms with E-state index >= 15 is 0 Å². The van der Waals surface area contributed by atoms with Crippen molar-refractivity contribution in [2.75, 3.05) is 13.7 Å². The second-order valence-electron chi connectivity index (χ2n) is 7.75. The van der Waals surface area contributed by atoms with Crippen LogP contribution in [0.25, 0.3) is 6.08 Å². The number of rotatable bonds is 9. The lowest BCUT2D eigenvalue weighted by atomic mass is 9.96. The molecule has 1 N–H and O–H groups in total. The van der Waals surface area contributed by atoms with E-state index in [1.165, 1.54) is 34.8 Å². The fourth-order valence-corrected chi connectivity index (χ4v) is 3.59. The molecule has 0 aromatic heterocycles. The van der Waals surface area contributed by atoms with Crippen molar-refractivity contribution in [2.24, 2.45) is 0 Å². The van der Waals surface area contributed by atoms with Crippen molar-refractivity contribution in [1.29, 1.82) is 0 Å². The molecular weight excluding hydrogens is 462 g/mol. The lowest BCUT2D eigenvalue weighted by Gasteiger charge is -2.44. The van der Waals surface area contributed by atoms with Crippen LogP contribution >= 0.6 is 0 Å². The molecule has 0 aliphatic carbocycles. The molecule has 11 nitrogen and oxygen atoms in total. The maximum atomic E-state index is 12.0. The zero-order valence-electron chi connectivity index (χ0n) is 20.6. The van der Waals surface area contributed by atoms with E-state index in [0.29, 0.717) is 5.75 Å². The maximum absolute atomic E-state index is 12.0. The zero-order chi connectivity index (χ0) is 26.1. The van der Waals surface area contributed by atoms with Gasteiger partial charge in [-0.15, -0.1) is 0 Å². The van der Waals surface area contributed by atoms with Crippen LogP contribution in [0.15, 0.2) is 24.3 Å². The van der Waals surface area contributed by atoms with Gasteiger partial charge in [0.25, 0.3) is 0 Å². The number of methoxy groups -OCH3 is 1. The molecule has 1 saturated heterocycles. The SMILES string of the molecule is C/C=C\c1ccc(O[C@@H]2O[C@H](COC(C)=O)[C@H](OC(C)=O)[C@H](OC(C)=O)[C@@H]2NC(C)=O)c(OC)c1. The number of ether oxygens (including phenoxy) is 6. The lowest BCUT2D eigenvalue weighted by molar-refractivity contribution is -0.257. The molecule has 0 unspecified atom stereocenters. The first-order chi connectivity index (χ1) is 16.5. The van der Waals surface area contributed by atoms with Gasteiger partial charge in [-0.1, -0.05) is 18.2 Å². The number of nitrogens with one attached hydrogen (secondary N) is 1. The third kappa shape index (κ3) is 7.99. The van der Waals surface area contributed by atoms with E-state index in [2.05, 4.69) is 5.32 Å². The average Bonchev–Trinajstić information content (AvgIpc) is 2.76. The van der Waals surface area contributed by atoms with E-state index in [1.807, 2.05) is 19.1 Å². The Balaban J connectivity index is 2.51. The number of hydrogen-bond donors (Lipinski definition) is 1. The molecule has 2 rings (SSSR count). The summed E-state index contributed by atoms with van der Waals surface area (Å²) in [7, 11) is 1.47. The summed E-state index contributed by atoms with van der Waals surface area (Å²) in [5.41, 5.74) is 0.861. The first kappa shape index (κ1) is 27.6. The van der Waals surface area contributed by atoms with E-state index in [9.17, 15) is 19.2 Å². The summed E-state index contributed by atoms with van der Waals surface area (Å²) in [5, 5.41) is 2.65. The Morgan fingerprint density at radius 3 is 2.17 bits per heavy atom. The van der Waals surface area contributed by atoms with Crippen LogP contribution in [-0.4, -0.2) is 68.2 Å². The molecule has 1 fully saturated rings.